The Bertz CT molecular complexity index is 858. The number of pyridine rings is 1. The number of nitrogen functional groups attached to an aromatic ring is 1. The van der Waals surface area contributed by atoms with Gasteiger partial charge in [-0.3, -0.25) is 9.20 Å². The summed E-state index contributed by atoms with van der Waals surface area (Å²) in [6, 6.07) is 8.24. The normalized spacial score (nSPS) is 11.0. The summed E-state index contributed by atoms with van der Waals surface area (Å²) < 4.78 is 15.6. The molecular weight excluding hydrogens is 285 g/mol. The highest BCUT2D eigenvalue weighted by Crippen LogP contribution is 2.27. The Labute approximate surface area is 125 Å². The number of imidazole rings is 1. The standard InChI is InChI=1S/C16H14FN3O2/c17-13-3-1-2-11(12(13)6-7-21)10-4-5-15-19-16(18)14(9-22)20(15)8-10/h1-5,8-9,21H,6-7,18H2. The van der Waals surface area contributed by atoms with Crippen LogP contribution in [0.5, 0.6) is 0 Å². The van der Waals surface area contributed by atoms with E-state index in [1.165, 1.54) is 6.07 Å². The number of halogens is 1. The first kappa shape index (κ1) is 14.2. The van der Waals surface area contributed by atoms with Crippen LogP contribution in [-0.2, 0) is 6.42 Å². The monoisotopic (exact) mass is 299 g/mol. The molecular formula is C16H14FN3O2. The van der Waals surface area contributed by atoms with E-state index in [0.29, 0.717) is 23.1 Å². The van der Waals surface area contributed by atoms with E-state index in [1.54, 1.807) is 34.9 Å². The van der Waals surface area contributed by atoms with Crippen LogP contribution >= 0.6 is 0 Å². The van der Waals surface area contributed by atoms with Crippen molar-refractivity contribution in [2.75, 3.05) is 12.3 Å². The number of aliphatic hydroxyl groups excluding tert-OH is 1. The number of benzene rings is 1. The lowest BCUT2D eigenvalue weighted by molar-refractivity contribution is 0.111. The molecule has 112 valence electrons. The SMILES string of the molecule is Nc1nc2ccc(-c3cccc(F)c3CCO)cn2c1C=O. The topological polar surface area (TPSA) is 80.6 Å². The molecule has 3 rings (SSSR count). The molecule has 0 aliphatic heterocycles. The lowest BCUT2D eigenvalue weighted by Gasteiger charge is -2.10. The van der Waals surface area contributed by atoms with E-state index < -0.39 is 0 Å². The average Bonchev–Trinajstić information content (AvgIpc) is 2.83. The van der Waals surface area contributed by atoms with Gasteiger partial charge in [-0.15, -0.1) is 0 Å². The molecule has 0 atom stereocenters. The third-order valence-corrected chi connectivity index (χ3v) is 3.59. The molecule has 2 aromatic heterocycles. The first-order chi connectivity index (χ1) is 10.7. The second-order valence-electron chi connectivity index (χ2n) is 4.89. The molecule has 0 bridgehead atoms. The fourth-order valence-electron chi connectivity index (χ4n) is 2.55. The van der Waals surface area contributed by atoms with Gasteiger partial charge in [-0.05, 0) is 41.3 Å². The van der Waals surface area contributed by atoms with Crippen molar-refractivity contribution in [1.29, 1.82) is 0 Å². The lowest BCUT2D eigenvalue weighted by atomic mass is 9.98. The van der Waals surface area contributed by atoms with Gasteiger partial charge in [0.2, 0.25) is 0 Å². The highest BCUT2D eigenvalue weighted by Gasteiger charge is 2.13. The van der Waals surface area contributed by atoms with Gasteiger partial charge in [-0.2, -0.15) is 0 Å². The molecule has 0 unspecified atom stereocenters. The Kier molecular flexibility index (Phi) is 3.60. The molecule has 0 radical (unpaired) electrons. The maximum absolute atomic E-state index is 14.0. The Morgan fingerprint density at radius 3 is 2.86 bits per heavy atom. The first-order valence-electron chi connectivity index (χ1n) is 6.77. The summed E-state index contributed by atoms with van der Waals surface area (Å²) in [5.41, 5.74) is 8.32. The molecule has 0 aliphatic carbocycles. The van der Waals surface area contributed by atoms with Crippen molar-refractivity contribution in [3.8, 4) is 11.1 Å². The number of rotatable bonds is 4. The quantitative estimate of drug-likeness (QED) is 0.723. The number of aliphatic hydroxyl groups is 1. The van der Waals surface area contributed by atoms with Crippen LogP contribution in [0.15, 0.2) is 36.5 Å². The molecule has 3 aromatic rings. The zero-order chi connectivity index (χ0) is 15.7. The molecule has 1 aromatic carbocycles. The molecule has 2 heterocycles. The van der Waals surface area contributed by atoms with E-state index >= 15 is 0 Å². The van der Waals surface area contributed by atoms with Crippen LogP contribution in [0.3, 0.4) is 0 Å². The largest absolute Gasteiger partial charge is 0.396 e. The molecule has 0 saturated heterocycles. The van der Waals surface area contributed by atoms with Crippen LogP contribution in [0.1, 0.15) is 16.1 Å². The van der Waals surface area contributed by atoms with Crippen molar-refractivity contribution in [2.24, 2.45) is 0 Å². The molecule has 3 N–H and O–H groups in total. The summed E-state index contributed by atoms with van der Waals surface area (Å²) in [7, 11) is 0. The van der Waals surface area contributed by atoms with E-state index in [2.05, 4.69) is 4.98 Å². The Hall–Kier alpha value is -2.73. The predicted molar refractivity (Wildman–Crippen MR) is 81.2 cm³/mol. The molecule has 0 aliphatic rings. The molecule has 0 amide bonds. The lowest BCUT2D eigenvalue weighted by Crippen LogP contribution is -2.00. The zero-order valence-corrected chi connectivity index (χ0v) is 11.7. The Balaban J connectivity index is 2.23. The Morgan fingerprint density at radius 1 is 1.32 bits per heavy atom. The molecule has 22 heavy (non-hydrogen) atoms. The highest BCUT2D eigenvalue weighted by atomic mass is 19.1. The third kappa shape index (κ3) is 2.23. The van der Waals surface area contributed by atoms with Gasteiger partial charge in [0.15, 0.2) is 12.1 Å². The van der Waals surface area contributed by atoms with Crippen LogP contribution < -0.4 is 5.73 Å². The van der Waals surface area contributed by atoms with Gasteiger partial charge in [0.05, 0.1) is 0 Å². The van der Waals surface area contributed by atoms with E-state index in [0.717, 1.165) is 5.56 Å². The second kappa shape index (κ2) is 5.57. The number of carbonyl (C=O) groups is 1. The van der Waals surface area contributed by atoms with E-state index in [4.69, 9.17) is 10.8 Å². The van der Waals surface area contributed by atoms with Crippen molar-refractivity contribution in [1.82, 2.24) is 9.38 Å². The van der Waals surface area contributed by atoms with Crippen LogP contribution in [-0.4, -0.2) is 27.4 Å². The third-order valence-electron chi connectivity index (χ3n) is 3.59. The van der Waals surface area contributed by atoms with Gasteiger partial charge in [-0.25, -0.2) is 9.37 Å². The number of nitrogens with zero attached hydrogens (tertiary/aromatic N) is 2. The molecule has 0 fully saturated rings. The van der Waals surface area contributed by atoms with Crippen molar-refractivity contribution in [2.45, 2.75) is 6.42 Å². The van der Waals surface area contributed by atoms with Crippen molar-refractivity contribution < 1.29 is 14.3 Å². The number of carbonyl (C=O) groups excluding carboxylic acids is 1. The highest BCUT2D eigenvalue weighted by molar-refractivity contribution is 5.82. The van der Waals surface area contributed by atoms with Crippen molar-refractivity contribution in [3.63, 3.8) is 0 Å². The molecule has 6 heteroatoms. The maximum Gasteiger partial charge on any atom is 0.170 e. The van der Waals surface area contributed by atoms with E-state index in [-0.39, 0.29) is 30.4 Å². The smallest absolute Gasteiger partial charge is 0.170 e. The van der Waals surface area contributed by atoms with Crippen LogP contribution in [0.25, 0.3) is 16.8 Å². The van der Waals surface area contributed by atoms with Gasteiger partial charge >= 0.3 is 0 Å². The number of aromatic nitrogens is 2. The summed E-state index contributed by atoms with van der Waals surface area (Å²) in [5, 5.41) is 9.13. The maximum atomic E-state index is 14.0. The van der Waals surface area contributed by atoms with E-state index in [9.17, 15) is 9.18 Å². The van der Waals surface area contributed by atoms with Gasteiger partial charge < -0.3 is 10.8 Å². The minimum Gasteiger partial charge on any atom is -0.396 e. The zero-order valence-electron chi connectivity index (χ0n) is 11.7. The summed E-state index contributed by atoms with van der Waals surface area (Å²) in [5.74, 6) is -0.214. The first-order valence-corrected chi connectivity index (χ1v) is 6.77. The van der Waals surface area contributed by atoms with Crippen LogP contribution in [0.4, 0.5) is 10.2 Å². The van der Waals surface area contributed by atoms with Crippen LogP contribution in [0.2, 0.25) is 0 Å². The summed E-state index contributed by atoms with van der Waals surface area (Å²) in [6.07, 6.45) is 2.55. The second-order valence-corrected chi connectivity index (χ2v) is 4.89. The number of hydrogen-bond donors (Lipinski definition) is 2. The molecule has 0 spiro atoms. The number of fused-ring (bicyclic) bond motifs is 1. The number of hydrogen-bond acceptors (Lipinski definition) is 4. The summed E-state index contributed by atoms with van der Waals surface area (Å²) in [4.78, 5) is 15.2. The van der Waals surface area contributed by atoms with E-state index in [1.807, 2.05) is 0 Å². The van der Waals surface area contributed by atoms with Gasteiger partial charge in [0, 0.05) is 12.8 Å². The minimum absolute atomic E-state index is 0.145. The molecule has 0 saturated carbocycles. The van der Waals surface area contributed by atoms with Crippen molar-refractivity contribution >= 4 is 17.8 Å². The Morgan fingerprint density at radius 2 is 2.14 bits per heavy atom. The summed E-state index contributed by atoms with van der Waals surface area (Å²) >= 11 is 0. The van der Waals surface area contributed by atoms with Gasteiger partial charge in [0.25, 0.3) is 0 Å². The fourth-order valence-corrected chi connectivity index (χ4v) is 2.55. The number of aldehydes is 1. The molecule has 5 nitrogen and oxygen atoms in total. The number of anilines is 1. The summed E-state index contributed by atoms with van der Waals surface area (Å²) in [6.45, 7) is -0.145. The average molecular weight is 299 g/mol. The fraction of sp³-hybridized carbons (Fsp3) is 0.125. The minimum atomic E-state index is -0.368. The van der Waals surface area contributed by atoms with Crippen molar-refractivity contribution in [3.05, 3.63) is 53.6 Å². The van der Waals surface area contributed by atoms with Gasteiger partial charge in [-0.1, -0.05) is 12.1 Å². The number of nitrogens with two attached hydrogens (primary N) is 1. The predicted octanol–water partition coefficient (Wildman–Crippen LogP) is 2.07. The van der Waals surface area contributed by atoms with Gasteiger partial charge in [0.1, 0.15) is 17.2 Å². The van der Waals surface area contributed by atoms with Crippen LogP contribution in [0, 0.1) is 5.82 Å².